The van der Waals surface area contributed by atoms with Gasteiger partial charge in [0.05, 0.1) is 22.1 Å². The molecule has 3 heterocycles. The largest absolute Gasteiger partial charge is 0.456 e. The normalized spacial score (nSPS) is 12.3. The van der Waals surface area contributed by atoms with Crippen molar-refractivity contribution >= 4 is 65.2 Å². The van der Waals surface area contributed by atoms with Crippen molar-refractivity contribution in [1.82, 2.24) is 9.13 Å². The number of rotatable bonds is 3. The molecule has 0 atom stereocenters. The fourth-order valence-electron chi connectivity index (χ4n) is 9.03. The van der Waals surface area contributed by atoms with Gasteiger partial charge in [-0.3, -0.25) is 0 Å². The summed E-state index contributed by atoms with van der Waals surface area (Å²) in [6, 6.07) is 66.0. The first-order chi connectivity index (χ1) is 26.3. The number of benzene rings is 9. The summed E-state index contributed by atoms with van der Waals surface area (Å²) < 4.78 is 11.5. The van der Waals surface area contributed by atoms with Crippen LogP contribution in [0.4, 0.5) is 0 Å². The molecule has 0 N–H and O–H groups in total. The van der Waals surface area contributed by atoms with Gasteiger partial charge in [0.2, 0.25) is 0 Å². The summed E-state index contributed by atoms with van der Waals surface area (Å²) in [5.41, 5.74) is 11.7. The Morgan fingerprint density at radius 2 is 0.962 bits per heavy atom. The van der Waals surface area contributed by atoms with Crippen LogP contribution in [0.1, 0.15) is 0 Å². The number of nitrogens with zero attached hydrogens (tertiary/aromatic N) is 2. The second-order valence-electron chi connectivity index (χ2n) is 14.1. The van der Waals surface area contributed by atoms with Gasteiger partial charge >= 0.3 is 0 Å². The van der Waals surface area contributed by atoms with Crippen LogP contribution in [-0.4, -0.2) is 9.13 Å². The summed E-state index contributed by atoms with van der Waals surface area (Å²) >= 11 is 0. The van der Waals surface area contributed by atoms with E-state index in [2.05, 4.69) is 185 Å². The van der Waals surface area contributed by atoms with E-state index in [1.807, 2.05) is 6.07 Å². The van der Waals surface area contributed by atoms with E-state index in [9.17, 15) is 0 Å². The van der Waals surface area contributed by atoms with E-state index in [1.54, 1.807) is 0 Å². The number of hydrogen-bond acceptors (Lipinski definition) is 1. The number of para-hydroxylation sites is 3. The predicted octanol–water partition coefficient (Wildman–Crippen LogP) is 13.6. The Labute approximate surface area is 305 Å². The Balaban J connectivity index is 1.20. The van der Waals surface area contributed by atoms with Gasteiger partial charge in [0.15, 0.2) is 0 Å². The standard InChI is InChI=1S/C50H30N2O/c1-3-15-34(16-4-1)51-42-26-25-33(28-40(42)49-39-22-11-21-38-37-19-9-10-24-46(37)53-47(50(38)39)30-45(49)51)36-20-12-23-43-48(36)41-27-31-13-7-8-14-32(31)29-44(41)52(43)35-17-5-2-6-18-35/h1-30H. The van der Waals surface area contributed by atoms with E-state index in [1.165, 1.54) is 70.9 Å². The Bertz CT molecular complexity index is 3300. The summed E-state index contributed by atoms with van der Waals surface area (Å²) in [5.74, 6) is 1.79. The van der Waals surface area contributed by atoms with Crippen molar-refractivity contribution in [1.29, 1.82) is 0 Å². The molecule has 0 spiro atoms. The quantitative estimate of drug-likeness (QED) is 0.183. The van der Waals surface area contributed by atoms with Crippen LogP contribution in [0.5, 0.6) is 11.5 Å². The summed E-state index contributed by atoms with van der Waals surface area (Å²) in [7, 11) is 0. The minimum absolute atomic E-state index is 0.895. The monoisotopic (exact) mass is 674 g/mol. The molecule has 0 saturated heterocycles. The smallest absolute Gasteiger partial charge is 0.138 e. The molecule has 0 bridgehead atoms. The number of ether oxygens (including phenoxy) is 1. The molecule has 0 saturated carbocycles. The zero-order valence-corrected chi connectivity index (χ0v) is 28.6. The highest BCUT2D eigenvalue weighted by Crippen LogP contribution is 2.51. The highest BCUT2D eigenvalue weighted by molar-refractivity contribution is 6.26. The van der Waals surface area contributed by atoms with Gasteiger partial charge in [-0.25, -0.2) is 0 Å². The van der Waals surface area contributed by atoms with Gasteiger partial charge in [0.25, 0.3) is 0 Å². The summed E-state index contributed by atoms with van der Waals surface area (Å²) in [5, 5.41) is 9.81. The van der Waals surface area contributed by atoms with Crippen molar-refractivity contribution in [3.8, 4) is 45.1 Å². The zero-order chi connectivity index (χ0) is 34.6. The van der Waals surface area contributed by atoms with Crippen molar-refractivity contribution in [3.05, 3.63) is 182 Å². The van der Waals surface area contributed by atoms with Crippen LogP contribution in [0, 0.1) is 0 Å². The number of hydrogen-bond donors (Lipinski definition) is 0. The zero-order valence-electron chi connectivity index (χ0n) is 28.6. The van der Waals surface area contributed by atoms with Crippen LogP contribution in [-0.2, 0) is 0 Å². The lowest BCUT2D eigenvalue weighted by molar-refractivity contribution is 0.487. The van der Waals surface area contributed by atoms with Crippen molar-refractivity contribution in [2.24, 2.45) is 0 Å². The van der Waals surface area contributed by atoms with Gasteiger partial charge in [0, 0.05) is 49.9 Å². The Morgan fingerprint density at radius 3 is 1.77 bits per heavy atom. The lowest BCUT2D eigenvalue weighted by Crippen LogP contribution is -1.98. The van der Waals surface area contributed by atoms with Gasteiger partial charge in [-0.05, 0) is 93.5 Å². The minimum Gasteiger partial charge on any atom is -0.456 e. The van der Waals surface area contributed by atoms with E-state index < -0.39 is 0 Å². The molecule has 3 nitrogen and oxygen atoms in total. The van der Waals surface area contributed by atoms with Crippen LogP contribution in [0.3, 0.4) is 0 Å². The van der Waals surface area contributed by atoms with Gasteiger partial charge in [-0.1, -0.05) is 115 Å². The van der Waals surface area contributed by atoms with Crippen LogP contribution in [0.2, 0.25) is 0 Å². The van der Waals surface area contributed by atoms with Crippen LogP contribution in [0.25, 0.3) is 98.8 Å². The van der Waals surface area contributed by atoms with Gasteiger partial charge in [-0.2, -0.15) is 0 Å². The first kappa shape index (κ1) is 28.6. The van der Waals surface area contributed by atoms with Gasteiger partial charge in [-0.15, -0.1) is 0 Å². The Morgan fingerprint density at radius 1 is 0.321 bits per heavy atom. The van der Waals surface area contributed by atoms with Crippen molar-refractivity contribution < 1.29 is 4.74 Å². The van der Waals surface area contributed by atoms with Crippen molar-refractivity contribution in [3.63, 3.8) is 0 Å². The third-order valence-corrected chi connectivity index (χ3v) is 11.2. The average Bonchev–Trinajstić information content (AvgIpc) is 3.72. The highest BCUT2D eigenvalue weighted by Gasteiger charge is 2.25. The first-order valence-electron chi connectivity index (χ1n) is 18.2. The molecule has 53 heavy (non-hydrogen) atoms. The molecule has 2 aromatic heterocycles. The van der Waals surface area contributed by atoms with E-state index in [0.717, 1.165) is 39.3 Å². The molecular weight excluding hydrogens is 645 g/mol. The van der Waals surface area contributed by atoms with E-state index in [0.29, 0.717) is 0 Å². The fourth-order valence-corrected chi connectivity index (χ4v) is 9.03. The summed E-state index contributed by atoms with van der Waals surface area (Å²) in [6.45, 7) is 0. The summed E-state index contributed by atoms with van der Waals surface area (Å²) in [6.07, 6.45) is 0. The van der Waals surface area contributed by atoms with Crippen LogP contribution in [0.15, 0.2) is 182 Å². The Hall–Kier alpha value is -7.10. The maximum atomic E-state index is 6.68. The topological polar surface area (TPSA) is 19.1 Å². The molecule has 0 amide bonds. The first-order valence-corrected chi connectivity index (χ1v) is 18.2. The number of aromatic nitrogens is 2. The van der Waals surface area contributed by atoms with E-state index in [4.69, 9.17) is 4.74 Å². The second-order valence-corrected chi connectivity index (χ2v) is 14.1. The Kier molecular flexibility index (Phi) is 5.77. The maximum Gasteiger partial charge on any atom is 0.138 e. The SMILES string of the molecule is c1ccc(-n2c3cc4ccccc4cc3c3c(-c4ccc5c(c4)c4c6cccc7c6c(cc4n5-c4ccccc4)Oc4ccccc4-7)cccc32)cc1. The second kappa shape index (κ2) is 10.7. The van der Waals surface area contributed by atoms with Crippen molar-refractivity contribution in [2.75, 3.05) is 0 Å². The van der Waals surface area contributed by atoms with Gasteiger partial charge < -0.3 is 13.9 Å². The fraction of sp³-hybridized carbons (Fsp3) is 0. The highest BCUT2D eigenvalue weighted by atomic mass is 16.5. The maximum absolute atomic E-state index is 6.68. The minimum atomic E-state index is 0.895. The molecule has 1 aliphatic heterocycles. The molecule has 1 aliphatic rings. The molecule has 0 radical (unpaired) electrons. The van der Waals surface area contributed by atoms with Crippen LogP contribution >= 0.6 is 0 Å². The molecule has 11 aromatic rings. The van der Waals surface area contributed by atoms with Crippen molar-refractivity contribution in [2.45, 2.75) is 0 Å². The third kappa shape index (κ3) is 3.99. The molecule has 12 rings (SSSR count). The molecule has 0 aliphatic carbocycles. The molecule has 246 valence electrons. The lowest BCUT2D eigenvalue weighted by atomic mass is 9.92. The molecule has 9 aromatic carbocycles. The molecule has 0 fully saturated rings. The number of fused-ring (bicyclic) bond motifs is 10. The van der Waals surface area contributed by atoms with E-state index >= 15 is 0 Å². The molecular formula is C50H30N2O. The predicted molar refractivity (Wildman–Crippen MR) is 221 cm³/mol. The molecule has 3 heteroatoms. The molecule has 0 unspecified atom stereocenters. The third-order valence-electron chi connectivity index (χ3n) is 11.2. The lowest BCUT2D eigenvalue weighted by Gasteiger charge is -2.22. The summed E-state index contributed by atoms with van der Waals surface area (Å²) in [4.78, 5) is 0. The van der Waals surface area contributed by atoms with Gasteiger partial charge in [0.1, 0.15) is 11.5 Å². The van der Waals surface area contributed by atoms with Crippen LogP contribution < -0.4 is 4.74 Å². The van der Waals surface area contributed by atoms with E-state index in [-0.39, 0.29) is 0 Å². The average molecular weight is 675 g/mol.